The minimum absolute atomic E-state index is 0.000282. The predicted molar refractivity (Wildman–Crippen MR) is 88.4 cm³/mol. The molecule has 1 N–H and O–H groups in total. The van der Waals surface area contributed by atoms with Gasteiger partial charge >= 0.3 is 4.87 Å². The Balaban J connectivity index is 1.74. The SMILES string of the molecule is O=CNN1CCN(C(=O)Cn2c(=O)sc3ccc(Cl)cc32)CC1. The molecule has 0 saturated carbocycles. The molecule has 122 valence electrons. The van der Waals surface area contributed by atoms with Crippen LogP contribution in [0.15, 0.2) is 23.0 Å². The summed E-state index contributed by atoms with van der Waals surface area (Å²) in [6, 6.07) is 5.22. The molecule has 23 heavy (non-hydrogen) atoms. The van der Waals surface area contributed by atoms with Crippen LogP contribution in [0.25, 0.3) is 10.2 Å². The standard InChI is InChI=1S/C14H15ClN4O3S/c15-10-1-2-12-11(7-10)19(14(22)23-12)8-13(21)17-3-5-18(6-4-17)16-9-20/h1-2,7,9H,3-6,8H2,(H,16,20). The molecule has 1 saturated heterocycles. The number of hydrogen-bond donors (Lipinski definition) is 1. The highest BCUT2D eigenvalue weighted by Gasteiger charge is 2.22. The summed E-state index contributed by atoms with van der Waals surface area (Å²) in [7, 11) is 0. The summed E-state index contributed by atoms with van der Waals surface area (Å²) >= 11 is 7.09. The molecule has 9 heteroatoms. The smallest absolute Gasteiger partial charge is 0.308 e. The summed E-state index contributed by atoms with van der Waals surface area (Å²) in [6.07, 6.45) is 0.623. The van der Waals surface area contributed by atoms with E-state index in [1.807, 2.05) is 0 Å². The third-order valence-electron chi connectivity index (χ3n) is 3.79. The molecule has 0 radical (unpaired) electrons. The highest BCUT2D eigenvalue weighted by Crippen LogP contribution is 2.21. The largest absolute Gasteiger partial charge is 0.338 e. The minimum Gasteiger partial charge on any atom is -0.338 e. The highest BCUT2D eigenvalue weighted by molar-refractivity contribution is 7.16. The topological polar surface area (TPSA) is 74.7 Å². The van der Waals surface area contributed by atoms with Gasteiger partial charge in [-0.2, -0.15) is 0 Å². The summed E-state index contributed by atoms with van der Waals surface area (Å²) in [5.74, 6) is -0.113. The molecule has 1 aliphatic heterocycles. The highest BCUT2D eigenvalue weighted by atomic mass is 35.5. The van der Waals surface area contributed by atoms with Gasteiger partial charge in [-0.1, -0.05) is 22.9 Å². The van der Waals surface area contributed by atoms with E-state index >= 15 is 0 Å². The third kappa shape index (κ3) is 3.39. The molecule has 0 spiro atoms. The van der Waals surface area contributed by atoms with Gasteiger partial charge in [-0.25, -0.2) is 5.01 Å². The Morgan fingerprint density at radius 3 is 2.74 bits per heavy atom. The molecule has 0 aliphatic carbocycles. The van der Waals surface area contributed by atoms with E-state index in [4.69, 9.17) is 11.6 Å². The molecule has 0 unspecified atom stereocenters. The molecule has 0 bridgehead atoms. The Labute approximate surface area is 141 Å². The lowest BCUT2D eigenvalue weighted by Gasteiger charge is -2.33. The van der Waals surface area contributed by atoms with Gasteiger partial charge < -0.3 is 4.90 Å². The van der Waals surface area contributed by atoms with Crippen molar-refractivity contribution < 1.29 is 9.59 Å². The van der Waals surface area contributed by atoms with Crippen molar-refractivity contribution in [3.63, 3.8) is 0 Å². The second-order valence-electron chi connectivity index (χ2n) is 5.18. The van der Waals surface area contributed by atoms with Crippen LogP contribution in [0.2, 0.25) is 5.02 Å². The van der Waals surface area contributed by atoms with E-state index in [2.05, 4.69) is 5.43 Å². The first-order chi connectivity index (χ1) is 11.1. The van der Waals surface area contributed by atoms with E-state index in [9.17, 15) is 14.4 Å². The fourth-order valence-electron chi connectivity index (χ4n) is 2.58. The summed E-state index contributed by atoms with van der Waals surface area (Å²) in [5, 5.41) is 2.29. The zero-order valence-corrected chi connectivity index (χ0v) is 13.8. The van der Waals surface area contributed by atoms with Crippen molar-refractivity contribution in [2.45, 2.75) is 6.54 Å². The van der Waals surface area contributed by atoms with E-state index < -0.39 is 0 Å². The number of hydrogen-bond acceptors (Lipinski definition) is 5. The first kappa shape index (κ1) is 16.0. The van der Waals surface area contributed by atoms with Crippen molar-refractivity contribution in [1.29, 1.82) is 0 Å². The normalized spacial score (nSPS) is 15.8. The van der Waals surface area contributed by atoms with Crippen molar-refractivity contribution in [3.05, 3.63) is 32.9 Å². The number of nitrogens with one attached hydrogen (secondary N) is 1. The van der Waals surface area contributed by atoms with Gasteiger partial charge in [0.05, 0.1) is 10.2 Å². The lowest BCUT2D eigenvalue weighted by Crippen LogP contribution is -2.53. The zero-order valence-electron chi connectivity index (χ0n) is 12.2. The number of nitrogens with zero attached hydrogens (tertiary/aromatic N) is 3. The van der Waals surface area contributed by atoms with Gasteiger partial charge in [0.15, 0.2) is 0 Å². The molecule has 2 aromatic rings. The maximum atomic E-state index is 12.4. The van der Waals surface area contributed by atoms with Crippen molar-refractivity contribution in [2.24, 2.45) is 0 Å². The van der Waals surface area contributed by atoms with Crippen LogP contribution < -0.4 is 10.3 Å². The average molecular weight is 355 g/mol. The maximum Gasteiger partial charge on any atom is 0.308 e. The monoisotopic (exact) mass is 354 g/mol. The van der Waals surface area contributed by atoms with E-state index in [1.54, 1.807) is 28.1 Å². The first-order valence-corrected chi connectivity index (χ1v) is 8.29. The number of rotatable bonds is 4. The Bertz CT molecular complexity index is 795. The Kier molecular flexibility index (Phi) is 4.65. The van der Waals surface area contributed by atoms with Gasteiger partial charge in [-0.3, -0.25) is 24.4 Å². The Hall–Kier alpha value is -1.90. The summed E-state index contributed by atoms with van der Waals surface area (Å²) in [4.78, 5) is 36.5. The second-order valence-corrected chi connectivity index (χ2v) is 6.61. The molecule has 1 aromatic carbocycles. The van der Waals surface area contributed by atoms with Crippen LogP contribution in [0.1, 0.15) is 0 Å². The van der Waals surface area contributed by atoms with E-state index in [1.165, 1.54) is 4.57 Å². The van der Waals surface area contributed by atoms with Gasteiger partial charge in [0.1, 0.15) is 6.54 Å². The summed E-state index contributed by atoms with van der Waals surface area (Å²) < 4.78 is 2.27. The van der Waals surface area contributed by atoms with Gasteiger partial charge in [-0.15, -0.1) is 0 Å². The molecule has 3 rings (SSSR count). The quantitative estimate of drug-likeness (QED) is 0.812. The van der Waals surface area contributed by atoms with Crippen molar-refractivity contribution in [2.75, 3.05) is 26.2 Å². The van der Waals surface area contributed by atoms with Gasteiger partial charge in [0.2, 0.25) is 12.3 Å². The summed E-state index contributed by atoms with van der Waals surface area (Å²) in [6.45, 7) is 2.15. The molecule has 2 amide bonds. The predicted octanol–water partition coefficient (Wildman–Crippen LogP) is 0.522. The number of amides is 2. The number of hydrazine groups is 1. The first-order valence-electron chi connectivity index (χ1n) is 7.10. The fourth-order valence-corrected chi connectivity index (χ4v) is 3.62. The molecule has 1 aromatic heterocycles. The maximum absolute atomic E-state index is 12.4. The van der Waals surface area contributed by atoms with Crippen molar-refractivity contribution in [3.8, 4) is 0 Å². The second kappa shape index (κ2) is 6.69. The fraction of sp³-hybridized carbons (Fsp3) is 0.357. The average Bonchev–Trinajstić information content (AvgIpc) is 2.84. The minimum atomic E-state index is -0.170. The lowest BCUT2D eigenvalue weighted by atomic mass is 10.3. The number of thiazole rings is 1. The number of carbonyl (C=O) groups excluding carboxylic acids is 2. The Morgan fingerprint density at radius 1 is 1.30 bits per heavy atom. The van der Waals surface area contributed by atoms with Gasteiger partial charge in [0, 0.05) is 31.2 Å². The molecular formula is C14H15ClN4O3S. The number of fused-ring (bicyclic) bond motifs is 1. The molecule has 7 nitrogen and oxygen atoms in total. The van der Waals surface area contributed by atoms with E-state index in [0.717, 1.165) is 16.0 Å². The van der Waals surface area contributed by atoms with E-state index in [0.29, 0.717) is 43.1 Å². The zero-order chi connectivity index (χ0) is 16.4. The van der Waals surface area contributed by atoms with E-state index in [-0.39, 0.29) is 17.3 Å². The number of aromatic nitrogens is 1. The van der Waals surface area contributed by atoms with Crippen LogP contribution in [-0.4, -0.2) is 53.0 Å². The lowest BCUT2D eigenvalue weighted by molar-refractivity contribution is -0.134. The number of benzene rings is 1. The molecule has 1 aliphatic rings. The molecular weight excluding hydrogens is 340 g/mol. The van der Waals surface area contributed by atoms with Gasteiger partial charge in [0.25, 0.3) is 0 Å². The van der Waals surface area contributed by atoms with Crippen LogP contribution in [0.3, 0.4) is 0 Å². The molecule has 0 atom stereocenters. The van der Waals surface area contributed by atoms with Crippen LogP contribution in [-0.2, 0) is 16.1 Å². The molecule has 1 fully saturated rings. The van der Waals surface area contributed by atoms with Crippen LogP contribution >= 0.6 is 22.9 Å². The number of piperazine rings is 1. The number of halogens is 1. The van der Waals surface area contributed by atoms with Crippen LogP contribution in [0, 0.1) is 0 Å². The van der Waals surface area contributed by atoms with Crippen LogP contribution in [0.4, 0.5) is 0 Å². The van der Waals surface area contributed by atoms with Crippen molar-refractivity contribution >= 4 is 45.5 Å². The third-order valence-corrected chi connectivity index (χ3v) is 4.99. The summed E-state index contributed by atoms with van der Waals surface area (Å²) in [5.41, 5.74) is 3.26. The molecule has 2 heterocycles. The van der Waals surface area contributed by atoms with Crippen LogP contribution in [0.5, 0.6) is 0 Å². The number of carbonyl (C=O) groups is 2. The Morgan fingerprint density at radius 2 is 2.04 bits per heavy atom. The van der Waals surface area contributed by atoms with Gasteiger partial charge in [-0.05, 0) is 18.2 Å². The van der Waals surface area contributed by atoms with Crippen molar-refractivity contribution in [1.82, 2.24) is 19.9 Å².